The van der Waals surface area contributed by atoms with Crippen LogP contribution in [0.4, 0.5) is 8.78 Å². The summed E-state index contributed by atoms with van der Waals surface area (Å²) in [6, 6.07) is 40.5. The van der Waals surface area contributed by atoms with Gasteiger partial charge in [0.2, 0.25) is 11.8 Å². The number of pyridine rings is 1. The van der Waals surface area contributed by atoms with E-state index < -0.39 is 12.2 Å². The van der Waals surface area contributed by atoms with Crippen LogP contribution in [0.15, 0.2) is 134 Å². The topological polar surface area (TPSA) is 69.0 Å². The van der Waals surface area contributed by atoms with Gasteiger partial charge in [-0.05, 0) is 35.2 Å². The van der Waals surface area contributed by atoms with Crippen LogP contribution in [0.2, 0.25) is 0 Å². The molecule has 6 aromatic rings. The number of ether oxygens (including phenoxy) is 1. The molecule has 1 N–H and O–H groups in total. The minimum Gasteiger partial charge on any atom is -0.415 e. The van der Waals surface area contributed by atoms with E-state index in [0.717, 1.165) is 22.3 Å². The Morgan fingerprint density at radius 2 is 1.32 bits per heavy atom. The van der Waals surface area contributed by atoms with Crippen LogP contribution in [0.1, 0.15) is 40.9 Å². The highest BCUT2D eigenvalue weighted by atomic mass is 19.3. The molecule has 0 spiro atoms. The summed E-state index contributed by atoms with van der Waals surface area (Å²) in [5, 5.41) is 8.04. The summed E-state index contributed by atoms with van der Waals surface area (Å²) in [5.74, 6) is -0.466. The van der Waals surface area contributed by atoms with Gasteiger partial charge in [-0.2, -0.15) is 8.78 Å². The van der Waals surface area contributed by atoms with Crippen molar-refractivity contribution in [3.8, 4) is 5.88 Å². The van der Waals surface area contributed by atoms with Gasteiger partial charge in [-0.25, -0.2) is 4.68 Å². The number of carbonyl (C=O) groups is 1. The summed E-state index contributed by atoms with van der Waals surface area (Å²) < 4.78 is 34.0. The van der Waals surface area contributed by atoms with Crippen LogP contribution < -0.4 is 10.1 Å². The highest BCUT2D eigenvalue weighted by Gasteiger charge is 2.41. The van der Waals surface area contributed by atoms with E-state index in [1.165, 1.54) is 6.20 Å². The summed E-state index contributed by atoms with van der Waals surface area (Å²) in [6.07, 6.45) is 1.43. The van der Waals surface area contributed by atoms with Crippen molar-refractivity contribution < 1.29 is 18.3 Å². The molecule has 8 heteroatoms. The Morgan fingerprint density at radius 3 is 1.82 bits per heavy atom. The second kappa shape index (κ2) is 12.5. The maximum atomic E-state index is 13.7. The van der Waals surface area contributed by atoms with Crippen molar-refractivity contribution in [3.05, 3.63) is 162 Å². The average Bonchev–Trinajstić information content (AvgIpc) is 3.40. The van der Waals surface area contributed by atoms with Crippen molar-refractivity contribution in [3.63, 3.8) is 0 Å². The SMILES string of the molecule is C[C@@H](NC(=O)Cc1cc2c(cn1)c(OC(F)F)nn2C(c1ccccc1)(c1ccccc1)c1ccccc1)c1ccccc1. The van der Waals surface area contributed by atoms with Crippen LogP contribution in [-0.4, -0.2) is 27.3 Å². The summed E-state index contributed by atoms with van der Waals surface area (Å²) in [4.78, 5) is 17.6. The standard InChI is InChI=1S/C36H30F2N4O2/c1-25(26-14-6-2-7-15-26)40-33(43)23-30-22-32-31(24-39-30)34(44-35(37)38)41-42(32)36(27-16-8-3-9-17-27,28-18-10-4-11-19-28)29-20-12-5-13-21-29/h2-22,24-25,35H,23H2,1H3,(H,40,43)/t25-/m1/s1. The summed E-state index contributed by atoms with van der Waals surface area (Å²) in [5.41, 5.74) is 3.42. The second-order valence-electron chi connectivity index (χ2n) is 10.5. The number of amides is 1. The molecule has 0 aliphatic carbocycles. The first-order valence-corrected chi connectivity index (χ1v) is 14.3. The third-order valence-electron chi connectivity index (χ3n) is 7.70. The van der Waals surface area contributed by atoms with E-state index in [2.05, 4.69) is 10.3 Å². The lowest BCUT2D eigenvalue weighted by molar-refractivity contribution is -0.121. The Labute approximate surface area is 254 Å². The van der Waals surface area contributed by atoms with Gasteiger partial charge < -0.3 is 10.1 Å². The summed E-state index contributed by atoms with van der Waals surface area (Å²) in [6.45, 7) is -1.17. The smallest absolute Gasteiger partial charge is 0.388 e. The molecule has 6 nitrogen and oxygen atoms in total. The maximum absolute atomic E-state index is 13.7. The lowest BCUT2D eigenvalue weighted by atomic mass is 9.77. The van der Waals surface area contributed by atoms with E-state index in [-0.39, 0.29) is 24.2 Å². The first kappa shape index (κ1) is 28.7. The van der Waals surface area contributed by atoms with Gasteiger partial charge in [0.25, 0.3) is 0 Å². The number of hydrogen-bond acceptors (Lipinski definition) is 4. The van der Waals surface area contributed by atoms with E-state index in [1.54, 1.807) is 10.7 Å². The van der Waals surface area contributed by atoms with Crippen LogP contribution >= 0.6 is 0 Å². The van der Waals surface area contributed by atoms with E-state index in [1.807, 2.05) is 128 Å². The molecule has 0 saturated heterocycles. The Bertz CT molecular complexity index is 1750. The van der Waals surface area contributed by atoms with Crippen LogP contribution in [0.3, 0.4) is 0 Å². The van der Waals surface area contributed by atoms with E-state index in [0.29, 0.717) is 16.6 Å². The Kier molecular flexibility index (Phi) is 8.14. The Balaban J connectivity index is 1.54. The molecule has 220 valence electrons. The van der Waals surface area contributed by atoms with Crippen molar-refractivity contribution in [2.24, 2.45) is 0 Å². The number of nitrogens with one attached hydrogen (secondary N) is 1. The van der Waals surface area contributed by atoms with Crippen LogP contribution in [0.25, 0.3) is 10.9 Å². The zero-order valence-corrected chi connectivity index (χ0v) is 24.0. The molecule has 0 radical (unpaired) electrons. The number of aromatic nitrogens is 3. The highest BCUT2D eigenvalue weighted by Crippen LogP contribution is 2.43. The van der Waals surface area contributed by atoms with Gasteiger partial charge >= 0.3 is 6.61 Å². The molecule has 4 aromatic carbocycles. The quantitative estimate of drug-likeness (QED) is 0.171. The molecule has 0 fully saturated rings. The molecule has 0 aliphatic rings. The minimum absolute atomic E-state index is 0.0155. The fourth-order valence-corrected chi connectivity index (χ4v) is 5.74. The van der Waals surface area contributed by atoms with Gasteiger partial charge in [0.05, 0.1) is 29.1 Å². The molecule has 0 saturated carbocycles. The largest absolute Gasteiger partial charge is 0.415 e. The first-order valence-electron chi connectivity index (χ1n) is 14.3. The molecule has 2 aromatic heterocycles. The first-order chi connectivity index (χ1) is 21.5. The van der Waals surface area contributed by atoms with Crippen molar-refractivity contribution >= 4 is 16.8 Å². The fraction of sp³-hybridized carbons (Fsp3) is 0.139. The predicted molar refractivity (Wildman–Crippen MR) is 165 cm³/mol. The number of alkyl halides is 2. The average molecular weight is 589 g/mol. The van der Waals surface area contributed by atoms with Crippen molar-refractivity contribution in [1.29, 1.82) is 0 Å². The molecular weight excluding hydrogens is 558 g/mol. The van der Waals surface area contributed by atoms with Crippen LogP contribution in [0.5, 0.6) is 5.88 Å². The molecule has 1 amide bonds. The molecule has 1 atom stereocenters. The number of carbonyl (C=O) groups excluding carboxylic acids is 1. The zero-order valence-electron chi connectivity index (χ0n) is 24.0. The van der Waals surface area contributed by atoms with Gasteiger partial charge in [0, 0.05) is 6.20 Å². The van der Waals surface area contributed by atoms with Gasteiger partial charge in [0.15, 0.2) is 0 Å². The van der Waals surface area contributed by atoms with E-state index >= 15 is 0 Å². The van der Waals surface area contributed by atoms with Crippen molar-refractivity contribution in [2.75, 3.05) is 0 Å². The normalized spacial score (nSPS) is 12.3. The van der Waals surface area contributed by atoms with Gasteiger partial charge in [-0.1, -0.05) is 121 Å². The summed E-state index contributed by atoms with van der Waals surface area (Å²) in [7, 11) is 0. The molecule has 6 rings (SSSR count). The maximum Gasteiger partial charge on any atom is 0.388 e. The fourth-order valence-electron chi connectivity index (χ4n) is 5.74. The predicted octanol–water partition coefficient (Wildman–Crippen LogP) is 7.29. The molecule has 2 heterocycles. The Hall–Kier alpha value is -5.37. The lowest BCUT2D eigenvalue weighted by Crippen LogP contribution is -2.38. The summed E-state index contributed by atoms with van der Waals surface area (Å²) >= 11 is 0. The monoisotopic (exact) mass is 588 g/mol. The molecule has 0 bridgehead atoms. The van der Waals surface area contributed by atoms with Crippen molar-refractivity contribution in [1.82, 2.24) is 20.1 Å². The van der Waals surface area contributed by atoms with Crippen molar-refractivity contribution in [2.45, 2.75) is 31.5 Å². The van der Waals surface area contributed by atoms with E-state index in [9.17, 15) is 13.6 Å². The zero-order chi connectivity index (χ0) is 30.5. The van der Waals surface area contributed by atoms with Gasteiger partial charge in [-0.15, -0.1) is 5.10 Å². The number of rotatable bonds is 10. The van der Waals surface area contributed by atoms with Crippen LogP contribution in [0, 0.1) is 0 Å². The number of hydrogen-bond donors (Lipinski definition) is 1. The third kappa shape index (κ3) is 5.54. The molecule has 0 unspecified atom stereocenters. The molecular formula is C36H30F2N4O2. The van der Waals surface area contributed by atoms with E-state index in [4.69, 9.17) is 9.84 Å². The number of nitrogens with zero attached hydrogens (tertiary/aromatic N) is 3. The minimum atomic E-state index is -3.09. The highest BCUT2D eigenvalue weighted by molar-refractivity contribution is 5.86. The lowest BCUT2D eigenvalue weighted by Gasteiger charge is -2.36. The molecule has 44 heavy (non-hydrogen) atoms. The number of benzene rings is 4. The van der Waals surface area contributed by atoms with Crippen LogP contribution in [-0.2, 0) is 16.8 Å². The van der Waals surface area contributed by atoms with Gasteiger partial charge in [0.1, 0.15) is 5.54 Å². The number of halogens is 2. The molecule has 0 aliphatic heterocycles. The van der Waals surface area contributed by atoms with Gasteiger partial charge in [-0.3, -0.25) is 9.78 Å². The number of fused-ring (bicyclic) bond motifs is 1. The Morgan fingerprint density at radius 1 is 0.818 bits per heavy atom. The third-order valence-corrected chi connectivity index (χ3v) is 7.70. The second-order valence-corrected chi connectivity index (χ2v) is 10.5.